The number of hydrogen-bond acceptors (Lipinski definition) is 7. The van der Waals surface area contributed by atoms with Crippen LogP contribution in [0.4, 0.5) is 0 Å². The van der Waals surface area contributed by atoms with Crippen LogP contribution >= 0.6 is 0 Å². The molecule has 52 heavy (non-hydrogen) atoms. The molecule has 294 valence electrons. The second kappa shape index (κ2) is 15.6. The molecule has 10 heteroatoms. The van der Waals surface area contributed by atoms with Gasteiger partial charge in [0.15, 0.2) is 15.6 Å². The van der Waals surface area contributed by atoms with Gasteiger partial charge in [-0.3, -0.25) is 24.0 Å². The summed E-state index contributed by atoms with van der Waals surface area (Å²) in [5.74, 6) is -2.59. The maximum atomic E-state index is 14.6. The Labute approximate surface area is 313 Å². The fraction of sp³-hybridized carbons (Fsp3) is 0.881. The van der Waals surface area contributed by atoms with E-state index >= 15 is 0 Å². The van der Waals surface area contributed by atoms with Gasteiger partial charge in [0.2, 0.25) is 11.7 Å². The molecule has 9 nitrogen and oxygen atoms in total. The van der Waals surface area contributed by atoms with Crippen LogP contribution < -0.4 is 5.32 Å². The predicted molar refractivity (Wildman–Crippen MR) is 203 cm³/mol. The summed E-state index contributed by atoms with van der Waals surface area (Å²) in [6.07, 6.45) is 12.5. The third-order valence-electron chi connectivity index (χ3n) is 13.9. The summed E-state index contributed by atoms with van der Waals surface area (Å²) in [7, 11) is -3.48. The molecule has 3 aliphatic carbocycles. The summed E-state index contributed by atoms with van der Waals surface area (Å²) >= 11 is 0. The molecule has 0 aromatic carbocycles. The number of sulfone groups is 1. The number of ketones is 3. The Hall–Kier alpha value is -2.10. The SMILES string of the molecule is CC1(C)CCC(CC(=O)C[C@H]2CCCCCCCCC[C@@H](C(=O)C(=O)NC3CC3)CC(=O)[C@@H]3[C@@H]4[C@H](CN3C2=O)C4(C)C)(CS(=O)(=O)C(C)(C)C)CC1. The first-order valence-corrected chi connectivity index (χ1v) is 22.2. The fourth-order valence-corrected chi connectivity index (χ4v) is 11.3. The van der Waals surface area contributed by atoms with Gasteiger partial charge in [0.05, 0.1) is 16.5 Å². The average molecular weight is 745 g/mol. The Morgan fingerprint density at radius 1 is 0.827 bits per heavy atom. The summed E-state index contributed by atoms with van der Waals surface area (Å²) in [6.45, 7) is 14.3. The molecule has 0 unspecified atom stereocenters. The van der Waals surface area contributed by atoms with Gasteiger partial charge in [-0.05, 0) is 100 Å². The molecule has 2 heterocycles. The second-order valence-corrected chi connectivity index (χ2v) is 22.8. The van der Waals surface area contributed by atoms with Crippen molar-refractivity contribution >= 4 is 39.0 Å². The third kappa shape index (κ3) is 9.57. The van der Waals surface area contributed by atoms with E-state index in [2.05, 4.69) is 33.0 Å². The van der Waals surface area contributed by atoms with Crippen molar-refractivity contribution in [2.24, 2.45) is 39.9 Å². The molecule has 1 N–H and O–H groups in total. The zero-order valence-electron chi connectivity index (χ0n) is 33.3. The molecule has 5 rings (SSSR count). The highest BCUT2D eigenvalue weighted by Gasteiger charge is 2.69. The van der Waals surface area contributed by atoms with E-state index in [9.17, 15) is 32.4 Å². The monoisotopic (exact) mass is 744 g/mol. The lowest BCUT2D eigenvalue weighted by Crippen LogP contribution is -2.49. The number of Topliss-reactive ketones (excluding diaryl/α,β-unsaturated/α-hetero) is 3. The Morgan fingerprint density at radius 2 is 1.40 bits per heavy atom. The van der Waals surface area contributed by atoms with E-state index in [1.54, 1.807) is 25.7 Å². The van der Waals surface area contributed by atoms with Crippen molar-refractivity contribution in [3.8, 4) is 0 Å². The van der Waals surface area contributed by atoms with E-state index in [4.69, 9.17) is 0 Å². The first-order chi connectivity index (χ1) is 24.2. The highest BCUT2D eigenvalue weighted by Crippen LogP contribution is 2.65. The van der Waals surface area contributed by atoms with Crippen LogP contribution in [-0.2, 0) is 33.8 Å². The molecule has 0 aromatic heterocycles. The highest BCUT2D eigenvalue weighted by atomic mass is 32.2. The maximum absolute atomic E-state index is 14.6. The van der Waals surface area contributed by atoms with Gasteiger partial charge in [-0.25, -0.2) is 8.42 Å². The van der Waals surface area contributed by atoms with Gasteiger partial charge in [-0.1, -0.05) is 72.6 Å². The Morgan fingerprint density at radius 3 is 1.98 bits per heavy atom. The molecule has 3 saturated carbocycles. The number of nitrogens with zero attached hydrogens (tertiary/aromatic N) is 1. The molecule has 5 aliphatic rings. The number of rotatable bonds is 9. The zero-order valence-corrected chi connectivity index (χ0v) is 34.1. The van der Waals surface area contributed by atoms with Crippen molar-refractivity contribution in [2.45, 2.75) is 181 Å². The highest BCUT2D eigenvalue weighted by molar-refractivity contribution is 7.92. The summed E-state index contributed by atoms with van der Waals surface area (Å²) in [6, 6.07) is -0.611. The first-order valence-electron chi connectivity index (χ1n) is 20.6. The lowest BCUT2D eigenvalue weighted by atomic mass is 9.64. The van der Waals surface area contributed by atoms with E-state index in [0.29, 0.717) is 32.2 Å². The van der Waals surface area contributed by atoms with E-state index in [1.165, 1.54) is 0 Å². The van der Waals surface area contributed by atoms with Gasteiger partial charge in [0.25, 0.3) is 5.91 Å². The van der Waals surface area contributed by atoms with Crippen LogP contribution in [0.1, 0.15) is 164 Å². The van der Waals surface area contributed by atoms with Gasteiger partial charge in [0.1, 0.15) is 5.78 Å². The largest absolute Gasteiger partial charge is 0.347 e. The molecule has 0 bridgehead atoms. The van der Waals surface area contributed by atoms with Crippen molar-refractivity contribution in [3.63, 3.8) is 0 Å². The van der Waals surface area contributed by atoms with Gasteiger partial charge < -0.3 is 10.2 Å². The van der Waals surface area contributed by atoms with Crippen molar-refractivity contribution in [2.75, 3.05) is 12.3 Å². The van der Waals surface area contributed by atoms with Crippen LogP contribution in [0.25, 0.3) is 0 Å². The molecule has 2 aliphatic heterocycles. The number of piperidine rings is 1. The number of carbonyl (C=O) groups excluding carboxylic acids is 5. The summed E-state index contributed by atoms with van der Waals surface area (Å²) < 4.78 is 26.2. The standard InChI is InChI=1S/C42H68N2O7S/c1-39(2,3)52(50,51)27-42(21-19-40(4,5)20-22-42)25-31(45)23-29-16-14-12-10-8-9-11-13-15-28(36(47)37(48)43-30-17-18-30)24-33(46)35-34-32(41(34,6)7)26-44(35)38(29)49/h28-30,32,34-35H,8-27H2,1-7H3,(H,43,48)/t28-,29-,32+,34+,35-/m1/s1. The predicted octanol–water partition coefficient (Wildman–Crippen LogP) is 7.18. The normalized spacial score (nSPS) is 31.3. The Bertz CT molecular complexity index is 1480. The van der Waals surface area contributed by atoms with Crippen LogP contribution in [0.3, 0.4) is 0 Å². The van der Waals surface area contributed by atoms with Crippen LogP contribution in [-0.4, -0.2) is 71.6 Å². The lowest BCUT2D eigenvalue weighted by Gasteiger charge is -2.44. The molecular weight excluding hydrogens is 677 g/mol. The molecule has 5 fully saturated rings. The van der Waals surface area contributed by atoms with Crippen LogP contribution in [0, 0.1) is 39.9 Å². The lowest BCUT2D eigenvalue weighted by molar-refractivity contribution is -0.146. The molecule has 0 aromatic rings. The smallest absolute Gasteiger partial charge is 0.287 e. The van der Waals surface area contributed by atoms with E-state index < -0.39 is 49.6 Å². The number of amides is 2. The maximum Gasteiger partial charge on any atom is 0.287 e. The summed E-state index contributed by atoms with van der Waals surface area (Å²) in [5.41, 5.74) is -0.662. The average Bonchev–Trinajstić information content (AvgIpc) is 3.89. The molecule has 2 saturated heterocycles. The summed E-state index contributed by atoms with van der Waals surface area (Å²) in [5, 5.41) is 2.82. The topological polar surface area (TPSA) is 135 Å². The molecule has 2 amide bonds. The van der Waals surface area contributed by atoms with E-state index in [0.717, 1.165) is 70.6 Å². The zero-order chi connectivity index (χ0) is 38.3. The van der Waals surface area contributed by atoms with Crippen molar-refractivity contribution < 1.29 is 32.4 Å². The molecular formula is C42H68N2O7S. The molecule has 0 spiro atoms. The number of fused-ring (bicyclic) bond motifs is 3. The number of nitrogens with one attached hydrogen (secondary N) is 1. The minimum Gasteiger partial charge on any atom is -0.347 e. The van der Waals surface area contributed by atoms with Crippen molar-refractivity contribution in [3.05, 3.63) is 0 Å². The quantitative estimate of drug-likeness (QED) is 0.247. The molecule has 0 radical (unpaired) electrons. The Balaban J connectivity index is 1.37. The van der Waals surface area contributed by atoms with Crippen LogP contribution in [0.5, 0.6) is 0 Å². The van der Waals surface area contributed by atoms with Gasteiger partial charge in [-0.2, -0.15) is 0 Å². The first kappa shape index (κ1) is 41.1. The van der Waals surface area contributed by atoms with Crippen LogP contribution in [0.15, 0.2) is 0 Å². The van der Waals surface area contributed by atoms with Gasteiger partial charge in [-0.15, -0.1) is 0 Å². The van der Waals surface area contributed by atoms with E-state index in [-0.39, 0.29) is 71.2 Å². The van der Waals surface area contributed by atoms with E-state index in [1.807, 2.05) is 0 Å². The fourth-order valence-electron chi connectivity index (χ4n) is 9.67. The second-order valence-electron chi connectivity index (χ2n) is 20.1. The van der Waals surface area contributed by atoms with Crippen LogP contribution in [0.2, 0.25) is 0 Å². The van der Waals surface area contributed by atoms with Gasteiger partial charge in [0, 0.05) is 43.7 Å². The van der Waals surface area contributed by atoms with Crippen molar-refractivity contribution in [1.29, 1.82) is 0 Å². The van der Waals surface area contributed by atoms with Gasteiger partial charge >= 0.3 is 0 Å². The molecule has 5 atom stereocenters. The minimum absolute atomic E-state index is 0.00769. The third-order valence-corrected chi connectivity index (χ3v) is 16.7. The number of hydrogen-bond donors (Lipinski definition) is 1. The minimum atomic E-state index is -3.48. The van der Waals surface area contributed by atoms with Crippen molar-refractivity contribution in [1.82, 2.24) is 10.2 Å². The number of carbonyl (C=O) groups is 5. The Kier molecular flexibility index (Phi) is 12.3. The summed E-state index contributed by atoms with van der Waals surface area (Å²) in [4.78, 5) is 71.2.